The van der Waals surface area contributed by atoms with Gasteiger partial charge in [-0.3, -0.25) is 9.78 Å². The van der Waals surface area contributed by atoms with Gasteiger partial charge in [0.2, 0.25) is 5.82 Å². The molecule has 3 N–H and O–H groups in total. The second kappa shape index (κ2) is 7.31. The molecule has 0 bridgehead atoms. The summed E-state index contributed by atoms with van der Waals surface area (Å²) in [5.74, 6) is -1.97. The van der Waals surface area contributed by atoms with Crippen LogP contribution in [0.25, 0.3) is 22.8 Å². The third kappa shape index (κ3) is 3.97. The summed E-state index contributed by atoms with van der Waals surface area (Å²) in [6.07, 6.45) is -4.76. The fourth-order valence-electron chi connectivity index (χ4n) is 2.61. The van der Waals surface area contributed by atoms with Gasteiger partial charge in [0.1, 0.15) is 0 Å². The molecule has 0 aliphatic rings. The smallest absolute Gasteiger partial charge is 0.329 e. The van der Waals surface area contributed by atoms with E-state index in [1.165, 1.54) is 24.3 Å². The number of hydrogen-bond acceptors (Lipinski definition) is 6. The Kier molecular flexibility index (Phi) is 4.66. The van der Waals surface area contributed by atoms with Gasteiger partial charge in [-0.05, 0) is 24.3 Å². The Balaban J connectivity index is 1.55. The second-order valence-electron chi connectivity index (χ2n) is 6.06. The SMILES string of the molecule is O=C(Nc1cccc(-c2n[nH]c(=O)[nH]2)c1)c1cccc(-c2noc(C(F)(F)F)n2)c1. The van der Waals surface area contributed by atoms with Gasteiger partial charge in [0.25, 0.3) is 5.91 Å². The Morgan fingerprint density at radius 1 is 1.07 bits per heavy atom. The van der Waals surface area contributed by atoms with Crippen LogP contribution in [0.1, 0.15) is 16.2 Å². The van der Waals surface area contributed by atoms with E-state index in [9.17, 15) is 22.8 Å². The normalized spacial score (nSPS) is 11.4. The van der Waals surface area contributed by atoms with Gasteiger partial charge in [0.15, 0.2) is 5.82 Å². The molecule has 0 aliphatic heterocycles. The van der Waals surface area contributed by atoms with Gasteiger partial charge >= 0.3 is 17.8 Å². The third-order valence-electron chi connectivity index (χ3n) is 3.95. The molecule has 152 valence electrons. The molecule has 12 heteroatoms. The molecule has 1 amide bonds. The number of nitrogens with zero attached hydrogens (tertiary/aromatic N) is 3. The van der Waals surface area contributed by atoms with Crippen LogP contribution in [0, 0.1) is 0 Å². The van der Waals surface area contributed by atoms with E-state index in [-0.39, 0.29) is 17.0 Å². The Labute approximate surface area is 165 Å². The lowest BCUT2D eigenvalue weighted by Crippen LogP contribution is -2.12. The number of rotatable bonds is 4. The summed E-state index contributed by atoms with van der Waals surface area (Å²) >= 11 is 0. The lowest BCUT2D eigenvalue weighted by Gasteiger charge is -2.07. The molecule has 9 nitrogen and oxygen atoms in total. The van der Waals surface area contributed by atoms with E-state index in [1.54, 1.807) is 24.3 Å². The summed E-state index contributed by atoms with van der Waals surface area (Å²) in [4.78, 5) is 29.6. The zero-order chi connectivity index (χ0) is 21.3. The van der Waals surface area contributed by atoms with Crippen molar-refractivity contribution in [1.29, 1.82) is 0 Å². The second-order valence-corrected chi connectivity index (χ2v) is 6.06. The average Bonchev–Trinajstić information content (AvgIpc) is 3.37. The van der Waals surface area contributed by atoms with Gasteiger partial charge in [-0.2, -0.15) is 23.3 Å². The highest BCUT2D eigenvalue weighted by molar-refractivity contribution is 6.05. The molecule has 0 aliphatic carbocycles. The fourth-order valence-corrected chi connectivity index (χ4v) is 2.61. The highest BCUT2D eigenvalue weighted by Crippen LogP contribution is 2.29. The molecule has 4 aromatic rings. The first-order valence-electron chi connectivity index (χ1n) is 8.37. The summed E-state index contributed by atoms with van der Waals surface area (Å²) in [6.45, 7) is 0. The monoisotopic (exact) mass is 416 g/mol. The number of aromatic amines is 2. The third-order valence-corrected chi connectivity index (χ3v) is 3.95. The summed E-state index contributed by atoms with van der Waals surface area (Å²) in [7, 11) is 0. The Morgan fingerprint density at radius 3 is 2.53 bits per heavy atom. The molecule has 2 heterocycles. The topological polar surface area (TPSA) is 130 Å². The Bertz CT molecular complexity index is 1270. The molecule has 4 rings (SSSR count). The fraction of sp³-hybridized carbons (Fsp3) is 0.0556. The van der Waals surface area contributed by atoms with Gasteiger partial charge < -0.3 is 9.84 Å². The number of carbonyl (C=O) groups is 1. The van der Waals surface area contributed by atoms with Crippen molar-refractivity contribution in [1.82, 2.24) is 25.3 Å². The number of carbonyl (C=O) groups excluding carboxylic acids is 1. The molecule has 0 saturated carbocycles. The number of amides is 1. The first-order chi connectivity index (χ1) is 14.3. The molecular weight excluding hydrogens is 405 g/mol. The minimum absolute atomic E-state index is 0.171. The first-order valence-corrected chi connectivity index (χ1v) is 8.37. The van der Waals surface area contributed by atoms with Crippen molar-refractivity contribution in [3.05, 3.63) is 70.5 Å². The average molecular weight is 416 g/mol. The van der Waals surface area contributed by atoms with Crippen molar-refractivity contribution >= 4 is 11.6 Å². The number of H-pyrrole nitrogens is 2. The zero-order valence-electron chi connectivity index (χ0n) is 14.8. The standard InChI is InChI=1S/C18H11F3N6O3/c19-18(20,21)16-23-14(27-30-16)9-3-1-5-11(7-9)15(28)22-12-6-2-4-10(8-12)13-24-17(29)26-25-13/h1-8H,(H,22,28)(H2,24,25,26,29). The predicted octanol–water partition coefficient (Wildman–Crippen LogP) is 3.09. The van der Waals surface area contributed by atoms with Crippen LogP contribution < -0.4 is 11.0 Å². The van der Waals surface area contributed by atoms with E-state index in [0.717, 1.165) is 0 Å². The van der Waals surface area contributed by atoms with E-state index >= 15 is 0 Å². The number of benzene rings is 2. The van der Waals surface area contributed by atoms with Gasteiger partial charge in [0, 0.05) is 22.4 Å². The molecule has 0 atom stereocenters. The Hall–Kier alpha value is -4.22. The maximum absolute atomic E-state index is 12.6. The number of nitrogens with one attached hydrogen (secondary N) is 3. The van der Waals surface area contributed by atoms with Crippen molar-refractivity contribution < 1.29 is 22.5 Å². The largest absolute Gasteiger partial charge is 0.471 e. The van der Waals surface area contributed by atoms with Crippen LogP contribution in [-0.2, 0) is 6.18 Å². The quantitative estimate of drug-likeness (QED) is 0.469. The number of anilines is 1. The Morgan fingerprint density at radius 2 is 1.83 bits per heavy atom. The molecule has 0 unspecified atom stereocenters. The van der Waals surface area contributed by atoms with Gasteiger partial charge in [0.05, 0.1) is 0 Å². The lowest BCUT2D eigenvalue weighted by atomic mass is 10.1. The van der Waals surface area contributed by atoms with Gasteiger partial charge in [-0.25, -0.2) is 9.89 Å². The van der Waals surface area contributed by atoms with Crippen LogP contribution in [0.15, 0.2) is 57.8 Å². The molecule has 0 saturated heterocycles. The van der Waals surface area contributed by atoms with Crippen molar-refractivity contribution in [3.63, 3.8) is 0 Å². The van der Waals surface area contributed by atoms with Crippen molar-refractivity contribution in [2.45, 2.75) is 6.18 Å². The van der Waals surface area contributed by atoms with E-state index in [1.807, 2.05) is 0 Å². The molecular formula is C18H11F3N6O3. The number of aromatic nitrogens is 5. The summed E-state index contributed by atoms with van der Waals surface area (Å²) in [5, 5.41) is 12.0. The number of halogens is 3. The minimum Gasteiger partial charge on any atom is -0.329 e. The van der Waals surface area contributed by atoms with Crippen LogP contribution in [-0.4, -0.2) is 31.2 Å². The van der Waals surface area contributed by atoms with E-state index in [2.05, 4.69) is 35.2 Å². The van der Waals surface area contributed by atoms with Crippen LogP contribution >= 0.6 is 0 Å². The van der Waals surface area contributed by atoms with Crippen molar-refractivity contribution in [3.8, 4) is 22.8 Å². The minimum atomic E-state index is -4.76. The van der Waals surface area contributed by atoms with E-state index in [0.29, 0.717) is 17.1 Å². The van der Waals surface area contributed by atoms with Crippen LogP contribution in [0.3, 0.4) is 0 Å². The predicted molar refractivity (Wildman–Crippen MR) is 97.3 cm³/mol. The van der Waals surface area contributed by atoms with Gasteiger partial charge in [-0.1, -0.05) is 29.4 Å². The molecule has 30 heavy (non-hydrogen) atoms. The first kappa shape index (κ1) is 19.1. The summed E-state index contributed by atoms with van der Waals surface area (Å²) in [6, 6.07) is 12.3. The van der Waals surface area contributed by atoms with E-state index in [4.69, 9.17) is 0 Å². The summed E-state index contributed by atoms with van der Waals surface area (Å²) < 4.78 is 42.1. The van der Waals surface area contributed by atoms with Crippen molar-refractivity contribution in [2.24, 2.45) is 0 Å². The lowest BCUT2D eigenvalue weighted by molar-refractivity contribution is -0.159. The molecule has 2 aromatic carbocycles. The number of alkyl halides is 3. The van der Waals surface area contributed by atoms with Crippen LogP contribution in [0.2, 0.25) is 0 Å². The number of hydrogen-bond donors (Lipinski definition) is 3. The highest BCUT2D eigenvalue weighted by atomic mass is 19.4. The highest BCUT2D eigenvalue weighted by Gasteiger charge is 2.38. The maximum Gasteiger partial charge on any atom is 0.471 e. The van der Waals surface area contributed by atoms with Crippen molar-refractivity contribution in [2.75, 3.05) is 5.32 Å². The molecule has 0 fully saturated rings. The molecule has 0 spiro atoms. The van der Waals surface area contributed by atoms with E-state index < -0.39 is 23.7 Å². The zero-order valence-corrected chi connectivity index (χ0v) is 14.8. The summed E-state index contributed by atoms with van der Waals surface area (Å²) in [5.41, 5.74) is 0.873. The van der Waals surface area contributed by atoms with Crippen LogP contribution in [0.5, 0.6) is 0 Å². The molecule has 2 aromatic heterocycles. The van der Waals surface area contributed by atoms with Crippen LogP contribution in [0.4, 0.5) is 18.9 Å². The maximum atomic E-state index is 12.6. The van der Waals surface area contributed by atoms with Gasteiger partial charge in [-0.15, -0.1) is 0 Å². The molecule has 0 radical (unpaired) electrons.